The lowest BCUT2D eigenvalue weighted by molar-refractivity contribution is -0.139. The third kappa shape index (κ3) is 5.84. The summed E-state index contributed by atoms with van der Waals surface area (Å²) < 4.78 is 7.29. The van der Waals surface area contributed by atoms with E-state index in [1.54, 1.807) is 17.3 Å². The van der Waals surface area contributed by atoms with Crippen LogP contribution < -0.4 is 5.32 Å². The maximum Gasteiger partial charge on any atom is 0.242 e. The van der Waals surface area contributed by atoms with Crippen LogP contribution in [0.1, 0.15) is 26.6 Å². The molecule has 1 aliphatic rings. The normalized spacial score (nSPS) is 15.0. The zero-order valence-corrected chi connectivity index (χ0v) is 20.1. The maximum atomic E-state index is 12.7. The molecule has 0 aromatic carbocycles. The monoisotopic (exact) mass is 468 g/mol. The summed E-state index contributed by atoms with van der Waals surface area (Å²) in [5, 5.41) is 12.6. The summed E-state index contributed by atoms with van der Waals surface area (Å²) in [6.45, 7) is 9.63. The molecule has 0 aliphatic carbocycles. The molecule has 34 heavy (non-hydrogen) atoms. The van der Waals surface area contributed by atoms with Gasteiger partial charge in [0.1, 0.15) is 18.0 Å². The molecule has 11 heteroatoms. The van der Waals surface area contributed by atoms with Crippen LogP contribution in [-0.4, -0.2) is 84.4 Å². The number of anilines is 1. The number of aliphatic hydroxyl groups excluding tert-OH is 1. The third-order valence-corrected chi connectivity index (χ3v) is 5.05. The molecule has 4 rings (SSSR count). The molecule has 0 saturated carbocycles. The minimum absolute atomic E-state index is 0.0323. The number of nitrogens with one attached hydrogen (secondary N) is 1. The molecule has 2 N–H and O–H groups in total. The number of rotatable bonds is 6. The molecule has 0 spiro atoms. The first-order chi connectivity index (χ1) is 16.6. The number of nitrogens with zero attached hydrogens (tertiary/aromatic N) is 7. The molecule has 1 aliphatic heterocycles. The van der Waals surface area contributed by atoms with E-state index < -0.39 is 0 Å². The summed E-state index contributed by atoms with van der Waals surface area (Å²) in [7, 11) is 0. The minimum Gasteiger partial charge on any atom is -0.394 e. The van der Waals surface area contributed by atoms with E-state index >= 15 is 0 Å². The summed E-state index contributed by atoms with van der Waals surface area (Å²) in [4.78, 5) is 36.2. The fraction of sp³-hybridized carbons (Fsp3) is 0.478. The van der Waals surface area contributed by atoms with Gasteiger partial charge in [-0.05, 0) is 13.8 Å². The first-order valence-corrected chi connectivity index (χ1v) is 11.2. The Hall–Kier alpha value is -3.62. The van der Waals surface area contributed by atoms with Crippen molar-refractivity contribution in [1.29, 1.82) is 0 Å². The average Bonchev–Trinajstić information content (AvgIpc) is 3.29. The van der Waals surface area contributed by atoms with Gasteiger partial charge in [-0.2, -0.15) is 0 Å². The van der Waals surface area contributed by atoms with E-state index in [0.29, 0.717) is 54.9 Å². The van der Waals surface area contributed by atoms with E-state index in [2.05, 4.69) is 38.1 Å². The number of fused-ring (bicyclic) bond motifs is 1. The van der Waals surface area contributed by atoms with Crippen molar-refractivity contribution in [3.8, 4) is 24.2 Å². The Balaban J connectivity index is 0.000000970. The third-order valence-electron chi connectivity index (χ3n) is 5.05. The van der Waals surface area contributed by atoms with Gasteiger partial charge in [0, 0.05) is 25.5 Å². The van der Waals surface area contributed by atoms with E-state index in [-0.39, 0.29) is 25.1 Å². The predicted octanol–water partition coefficient (Wildman–Crippen LogP) is 1.52. The molecule has 0 bridgehead atoms. The largest absolute Gasteiger partial charge is 0.394 e. The van der Waals surface area contributed by atoms with Crippen LogP contribution in [0.3, 0.4) is 0 Å². The van der Waals surface area contributed by atoms with Crippen molar-refractivity contribution in [3.63, 3.8) is 0 Å². The first kappa shape index (κ1) is 26.6. The molecular formula is C23H32N8O3. The highest BCUT2D eigenvalue weighted by atomic mass is 16.5. The van der Waals surface area contributed by atoms with E-state index in [9.17, 15) is 9.90 Å². The van der Waals surface area contributed by atoms with Gasteiger partial charge in [-0.3, -0.25) is 4.79 Å². The number of amides is 1. The van der Waals surface area contributed by atoms with E-state index in [0.717, 1.165) is 5.56 Å². The lowest BCUT2D eigenvalue weighted by Crippen LogP contribution is -2.52. The number of terminal acetylenes is 1. The Morgan fingerprint density at radius 1 is 1.24 bits per heavy atom. The molecule has 0 radical (unpaired) electrons. The molecule has 4 heterocycles. The molecule has 1 amide bonds. The van der Waals surface area contributed by atoms with Gasteiger partial charge < -0.3 is 24.6 Å². The van der Waals surface area contributed by atoms with Crippen LogP contribution in [0, 0.1) is 19.8 Å². The van der Waals surface area contributed by atoms with Gasteiger partial charge in [-0.15, -0.1) is 12.8 Å². The maximum absolute atomic E-state index is 12.7. The second-order valence-electron chi connectivity index (χ2n) is 6.95. The van der Waals surface area contributed by atoms with Gasteiger partial charge in [-0.25, -0.2) is 24.9 Å². The smallest absolute Gasteiger partial charge is 0.242 e. The molecule has 1 saturated heterocycles. The SMILES string of the molecule is C#C.CC.CCn1c(-c2cnc(C)nc2)nc2c(NCC(=O)N3CCOCC3CO)ncnc21. The molecule has 3 aromatic rings. The number of carbonyl (C=O) groups excluding carboxylic acids is 1. The minimum atomic E-state index is -0.328. The van der Waals surface area contributed by atoms with Crippen LogP contribution in [0.15, 0.2) is 18.7 Å². The molecule has 11 nitrogen and oxygen atoms in total. The van der Waals surface area contributed by atoms with Crippen LogP contribution >= 0.6 is 0 Å². The van der Waals surface area contributed by atoms with E-state index in [1.807, 2.05) is 32.3 Å². The summed E-state index contributed by atoms with van der Waals surface area (Å²) in [5.41, 5.74) is 2.02. The highest BCUT2D eigenvalue weighted by Crippen LogP contribution is 2.26. The second kappa shape index (κ2) is 13.2. The van der Waals surface area contributed by atoms with Gasteiger partial charge >= 0.3 is 0 Å². The van der Waals surface area contributed by atoms with Crippen LogP contribution in [0.25, 0.3) is 22.6 Å². The zero-order chi connectivity index (χ0) is 25.1. The molecular weight excluding hydrogens is 436 g/mol. The molecule has 3 aromatic heterocycles. The fourth-order valence-electron chi connectivity index (χ4n) is 3.49. The average molecular weight is 469 g/mol. The number of carbonyl (C=O) groups is 1. The summed E-state index contributed by atoms with van der Waals surface area (Å²) in [6.07, 6.45) is 12.9. The molecule has 1 unspecified atom stereocenters. The van der Waals surface area contributed by atoms with Crippen molar-refractivity contribution in [3.05, 3.63) is 24.5 Å². The quantitative estimate of drug-likeness (QED) is 0.517. The Morgan fingerprint density at radius 3 is 2.59 bits per heavy atom. The summed E-state index contributed by atoms with van der Waals surface area (Å²) in [5.74, 6) is 1.72. The number of hydrogen-bond donors (Lipinski definition) is 2. The number of aliphatic hydroxyl groups is 1. The van der Waals surface area contributed by atoms with Crippen LogP contribution in [0.5, 0.6) is 0 Å². The van der Waals surface area contributed by atoms with Gasteiger partial charge in [-0.1, -0.05) is 13.8 Å². The second-order valence-corrected chi connectivity index (χ2v) is 6.95. The van der Waals surface area contributed by atoms with Gasteiger partial charge in [0.15, 0.2) is 17.0 Å². The molecule has 182 valence electrons. The number of imidazole rings is 1. The Labute approximate surface area is 199 Å². The lowest BCUT2D eigenvalue weighted by atomic mass is 10.2. The summed E-state index contributed by atoms with van der Waals surface area (Å²) in [6, 6.07) is -0.328. The van der Waals surface area contributed by atoms with E-state index in [4.69, 9.17) is 9.72 Å². The van der Waals surface area contributed by atoms with Crippen molar-refractivity contribution in [1.82, 2.24) is 34.4 Å². The highest BCUT2D eigenvalue weighted by molar-refractivity contribution is 5.89. The predicted molar refractivity (Wildman–Crippen MR) is 130 cm³/mol. The topological polar surface area (TPSA) is 131 Å². The Bertz CT molecular complexity index is 1080. The van der Waals surface area contributed by atoms with Crippen molar-refractivity contribution >= 4 is 22.9 Å². The Kier molecular flexibility index (Phi) is 10.3. The Morgan fingerprint density at radius 2 is 1.94 bits per heavy atom. The first-order valence-electron chi connectivity index (χ1n) is 11.2. The zero-order valence-electron chi connectivity index (χ0n) is 20.1. The van der Waals surface area contributed by atoms with Crippen LogP contribution in [0.4, 0.5) is 5.82 Å². The van der Waals surface area contributed by atoms with Gasteiger partial charge in [0.2, 0.25) is 5.91 Å². The number of ether oxygens (including phenoxy) is 1. The number of hydrogen-bond acceptors (Lipinski definition) is 9. The van der Waals surface area contributed by atoms with Gasteiger partial charge in [0.05, 0.1) is 38.0 Å². The van der Waals surface area contributed by atoms with Crippen molar-refractivity contribution in [2.45, 2.75) is 40.3 Å². The van der Waals surface area contributed by atoms with Gasteiger partial charge in [0.25, 0.3) is 0 Å². The van der Waals surface area contributed by atoms with Crippen LogP contribution in [-0.2, 0) is 16.1 Å². The van der Waals surface area contributed by atoms with Crippen molar-refractivity contribution in [2.75, 3.05) is 38.2 Å². The lowest BCUT2D eigenvalue weighted by Gasteiger charge is -2.34. The molecule has 1 atom stereocenters. The van der Waals surface area contributed by atoms with Crippen LogP contribution in [0.2, 0.25) is 0 Å². The van der Waals surface area contributed by atoms with E-state index in [1.165, 1.54) is 6.33 Å². The summed E-state index contributed by atoms with van der Waals surface area (Å²) >= 11 is 0. The molecule has 1 fully saturated rings. The standard InChI is InChI=1S/C19H24N8O3.C2H6.C2H2/c1-3-26-18(13-6-20-12(2)21-7-13)25-16-17(23-11-24-19(16)26)22-8-15(29)27-4-5-30-10-14(27)9-28;2*1-2/h6-7,11,14,28H,3-5,8-10H2,1-2H3,(H,22,23,24);1-2H3;1-2H. The number of morpholine rings is 1. The fourth-order valence-corrected chi connectivity index (χ4v) is 3.49. The number of aryl methyl sites for hydroxylation is 2. The highest BCUT2D eigenvalue weighted by Gasteiger charge is 2.27. The van der Waals surface area contributed by atoms with Crippen molar-refractivity contribution < 1.29 is 14.6 Å². The van der Waals surface area contributed by atoms with Crippen molar-refractivity contribution in [2.24, 2.45) is 0 Å². The number of aromatic nitrogens is 6.